The van der Waals surface area contributed by atoms with Crippen LogP contribution in [0.2, 0.25) is 0 Å². The van der Waals surface area contributed by atoms with E-state index in [-0.39, 0.29) is 6.10 Å². The van der Waals surface area contributed by atoms with E-state index in [0.29, 0.717) is 11.4 Å². The molecule has 2 aromatic rings. The molecule has 4 heteroatoms. The number of benzene rings is 2. The molecule has 0 unspecified atom stereocenters. The summed E-state index contributed by atoms with van der Waals surface area (Å²) in [5, 5.41) is 3.29. The van der Waals surface area contributed by atoms with Gasteiger partial charge in [-0.15, -0.1) is 0 Å². The molecule has 0 aromatic heterocycles. The van der Waals surface area contributed by atoms with E-state index < -0.39 is 0 Å². The van der Waals surface area contributed by atoms with Gasteiger partial charge in [0.15, 0.2) is 0 Å². The lowest BCUT2D eigenvalue weighted by Crippen LogP contribution is -2.08. The summed E-state index contributed by atoms with van der Waals surface area (Å²) in [5.74, 6) is 0.706. The fourth-order valence-electron chi connectivity index (χ4n) is 1.70. The maximum absolute atomic E-state index is 6.11. The first-order valence-electron chi connectivity index (χ1n) is 6.14. The van der Waals surface area contributed by atoms with Gasteiger partial charge in [-0.3, -0.25) is 0 Å². The third-order valence-electron chi connectivity index (χ3n) is 2.55. The predicted octanol–water partition coefficient (Wildman–Crippen LogP) is 4.56. The summed E-state index contributed by atoms with van der Waals surface area (Å²) in [4.78, 5) is 0. The number of anilines is 3. The summed E-state index contributed by atoms with van der Waals surface area (Å²) < 4.78 is 6.71. The lowest BCUT2D eigenvalue weighted by atomic mass is 10.2. The SMILES string of the molecule is CC(C)Oc1cccc(Nc2ccc(Br)cc2)c1N. The molecule has 0 radical (unpaired) electrons. The average molecular weight is 321 g/mol. The Balaban J connectivity index is 2.23. The maximum atomic E-state index is 6.11. The molecule has 0 bridgehead atoms. The van der Waals surface area contributed by atoms with Crippen molar-refractivity contribution in [2.75, 3.05) is 11.1 Å². The van der Waals surface area contributed by atoms with Gasteiger partial charge in [0, 0.05) is 10.2 Å². The van der Waals surface area contributed by atoms with Crippen molar-refractivity contribution < 1.29 is 4.74 Å². The smallest absolute Gasteiger partial charge is 0.144 e. The van der Waals surface area contributed by atoms with Crippen molar-refractivity contribution in [2.45, 2.75) is 20.0 Å². The van der Waals surface area contributed by atoms with Crippen LogP contribution in [0.15, 0.2) is 46.9 Å². The van der Waals surface area contributed by atoms with E-state index in [9.17, 15) is 0 Å². The number of rotatable bonds is 4. The van der Waals surface area contributed by atoms with E-state index in [1.165, 1.54) is 0 Å². The number of nitrogen functional groups attached to an aromatic ring is 1. The minimum absolute atomic E-state index is 0.102. The van der Waals surface area contributed by atoms with Crippen LogP contribution in [-0.4, -0.2) is 6.10 Å². The van der Waals surface area contributed by atoms with Gasteiger partial charge in [-0.25, -0.2) is 0 Å². The van der Waals surface area contributed by atoms with Crippen molar-refractivity contribution in [1.29, 1.82) is 0 Å². The van der Waals surface area contributed by atoms with Crippen molar-refractivity contribution in [3.63, 3.8) is 0 Å². The van der Waals surface area contributed by atoms with Gasteiger partial charge in [0.1, 0.15) is 5.75 Å². The summed E-state index contributed by atoms with van der Waals surface area (Å²) in [6.07, 6.45) is 0.102. The van der Waals surface area contributed by atoms with Gasteiger partial charge in [0.2, 0.25) is 0 Å². The third kappa shape index (κ3) is 3.64. The molecule has 0 saturated heterocycles. The largest absolute Gasteiger partial charge is 0.489 e. The maximum Gasteiger partial charge on any atom is 0.144 e. The second-order valence-electron chi connectivity index (χ2n) is 4.52. The second kappa shape index (κ2) is 5.97. The van der Waals surface area contributed by atoms with E-state index >= 15 is 0 Å². The number of ether oxygens (including phenoxy) is 1. The van der Waals surface area contributed by atoms with Crippen LogP contribution in [0, 0.1) is 0 Å². The number of para-hydroxylation sites is 1. The van der Waals surface area contributed by atoms with Crippen LogP contribution in [0.4, 0.5) is 17.1 Å². The van der Waals surface area contributed by atoms with Gasteiger partial charge in [-0.05, 0) is 50.2 Å². The van der Waals surface area contributed by atoms with Gasteiger partial charge < -0.3 is 15.8 Å². The van der Waals surface area contributed by atoms with Gasteiger partial charge >= 0.3 is 0 Å². The average Bonchev–Trinajstić information content (AvgIpc) is 2.36. The highest BCUT2D eigenvalue weighted by molar-refractivity contribution is 9.10. The lowest BCUT2D eigenvalue weighted by molar-refractivity contribution is 0.244. The Morgan fingerprint density at radius 3 is 2.42 bits per heavy atom. The van der Waals surface area contributed by atoms with Crippen molar-refractivity contribution in [2.24, 2.45) is 0 Å². The van der Waals surface area contributed by atoms with Crippen molar-refractivity contribution in [1.82, 2.24) is 0 Å². The van der Waals surface area contributed by atoms with Crippen LogP contribution in [0.3, 0.4) is 0 Å². The Bertz CT molecular complexity index is 553. The molecule has 0 fully saturated rings. The zero-order valence-corrected chi connectivity index (χ0v) is 12.6. The zero-order valence-electron chi connectivity index (χ0n) is 11.0. The number of hydrogen-bond donors (Lipinski definition) is 2. The monoisotopic (exact) mass is 320 g/mol. The molecule has 0 spiro atoms. The highest BCUT2D eigenvalue weighted by Crippen LogP contribution is 2.32. The van der Waals surface area contributed by atoms with Crippen molar-refractivity contribution in [3.8, 4) is 5.75 Å². The van der Waals surface area contributed by atoms with Gasteiger partial charge in [-0.2, -0.15) is 0 Å². The summed E-state index contributed by atoms with van der Waals surface area (Å²) in [5.41, 5.74) is 8.57. The number of nitrogens with one attached hydrogen (secondary N) is 1. The summed E-state index contributed by atoms with van der Waals surface area (Å²) in [7, 11) is 0. The van der Waals surface area contributed by atoms with Gasteiger partial charge in [0.25, 0.3) is 0 Å². The molecule has 0 saturated carbocycles. The molecule has 0 aliphatic heterocycles. The molecule has 2 rings (SSSR count). The third-order valence-corrected chi connectivity index (χ3v) is 3.08. The first kappa shape index (κ1) is 13.7. The Hall–Kier alpha value is -1.68. The first-order valence-corrected chi connectivity index (χ1v) is 6.93. The van der Waals surface area contributed by atoms with Crippen LogP contribution >= 0.6 is 15.9 Å². The van der Waals surface area contributed by atoms with Crippen molar-refractivity contribution in [3.05, 3.63) is 46.9 Å². The highest BCUT2D eigenvalue weighted by atomic mass is 79.9. The zero-order chi connectivity index (χ0) is 13.8. The Kier molecular flexibility index (Phi) is 4.32. The van der Waals surface area contributed by atoms with E-state index in [4.69, 9.17) is 10.5 Å². The minimum atomic E-state index is 0.102. The highest BCUT2D eigenvalue weighted by Gasteiger charge is 2.07. The molecule has 2 aromatic carbocycles. The van der Waals surface area contributed by atoms with E-state index in [0.717, 1.165) is 15.8 Å². The van der Waals surface area contributed by atoms with Crippen LogP contribution in [-0.2, 0) is 0 Å². The van der Waals surface area contributed by atoms with Crippen LogP contribution < -0.4 is 15.8 Å². The number of halogens is 1. The predicted molar refractivity (Wildman–Crippen MR) is 84.0 cm³/mol. The quantitative estimate of drug-likeness (QED) is 0.812. The van der Waals surface area contributed by atoms with Gasteiger partial charge in [-0.1, -0.05) is 22.0 Å². The number of hydrogen-bond acceptors (Lipinski definition) is 3. The van der Waals surface area contributed by atoms with Crippen LogP contribution in [0.1, 0.15) is 13.8 Å². The topological polar surface area (TPSA) is 47.3 Å². The molecular formula is C15H17BrN2O. The second-order valence-corrected chi connectivity index (χ2v) is 5.43. The minimum Gasteiger partial charge on any atom is -0.489 e. The molecule has 0 amide bonds. The van der Waals surface area contributed by atoms with E-state index in [2.05, 4.69) is 21.2 Å². The lowest BCUT2D eigenvalue weighted by Gasteiger charge is -2.15. The summed E-state index contributed by atoms with van der Waals surface area (Å²) in [6.45, 7) is 3.96. The molecule has 100 valence electrons. The molecule has 3 N–H and O–H groups in total. The Labute approximate surface area is 121 Å². The standard InChI is InChI=1S/C15H17BrN2O/c1-10(2)19-14-5-3-4-13(15(14)17)18-12-8-6-11(16)7-9-12/h3-10,18H,17H2,1-2H3. The van der Waals surface area contributed by atoms with E-state index in [1.54, 1.807) is 0 Å². The molecule has 0 aliphatic rings. The van der Waals surface area contributed by atoms with Crippen LogP contribution in [0.5, 0.6) is 5.75 Å². The van der Waals surface area contributed by atoms with Crippen molar-refractivity contribution >= 4 is 33.0 Å². The van der Waals surface area contributed by atoms with Gasteiger partial charge in [0.05, 0.1) is 17.5 Å². The molecule has 3 nitrogen and oxygen atoms in total. The summed E-state index contributed by atoms with van der Waals surface area (Å²) in [6, 6.07) is 13.7. The molecular weight excluding hydrogens is 304 g/mol. The fourth-order valence-corrected chi connectivity index (χ4v) is 1.96. The Morgan fingerprint density at radius 1 is 1.11 bits per heavy atom. The number of nitrogens with two attached hydrogens (primary N) is 1. The Morgan fingerprint density at radius 2 is 1.79 bits per heavy atom. The van der Waals surface area contributed by atoms with Crippen LogP contribution in [0.25, 0.3) is 0 Å². The molecule has 0 heterocycles. The normalized spacial score (nSPS) is 10.5. The molecule has 19 heavy (non-hydrogen) atoms. The summed E-state index contributed by atoms with van der Waals surface area (Å²) >= 11 is 3.41. The fraction of sp³-hybridized carbons (Fsp3) is 0.200. The van der Waals surface area contributed by atoms with E-state index in [1.807, 2.05) is 56.3 Å². The first-order chi connectivity index (χ1) is 9.06. The molecule has 0 aliphatic carbocycles. The molecule has 0 atom stereocenters.